The van der Waals surface area contributed by atoms with Crippen LogP contribution in [0.15, 0.2) is 17.3 Å². The monoisotopic (exact) mass is 153 g/mol. The van der Waals surface area contributed by atoms with Gasteiger partial charge in [-0.3, -0.25) is 4.99 Å². The topological polar surface area (TPSA) is 12.4 Å². The zero-order valence-corrected chi connectivity index (χ0v) is 8.31. The summed E-state index contributed by atoms with van der Waals surface area (Å²) in [6.07, 6.45) is 4.87. The highest BCUT2D eigenvalue weighted by Crippen LogP contribution is 2.18. The Hall–Kier alpha value is -0.590. The molecule has 0 radical (unpaired) electrons. The maximum absolute atomic E-state index is 4.26. The van der Waals surface area contributed by atoms with E-state index >= 15 is 0 Å². The fraction of sp³-hybridized carbons (Fsp3) is 0.700. The normalized spacial score (nSPS) is 14.5. The lowest BCUT2D eigenvalue weighted by Gasteiger charge is -2.16. The largest absolute Gasteiger partial charge is 0.266 e. The van der Waals surface area contributed by atoms with Crippen LogP contribution in [0.25, 0.3) is 0 Å². The Morgan fingerprint density at radius 3 is 2.27 bits per heavy atom. The molecule has 0 bridgehead atoms. The molecule has 0 spiro atoms. The molecule has 1 nitrogen and oxygen atoms in total. The summed E-state index contributed by atoms with van der Waals surface area (Å²) in [6.45, 7) is 10.7. The fourth-order valence-electron chi connectivity index (χ4n) is 1.01. The van der Waals surface area contributed by atoms with Gasteiger partial charge in [0.15, 0.2) is 0 Å². The molecule has 0 aliphatic heterocycles. The molecular formula is C10H19N. The highest BCUT2D eigenvalue weighted by atomic mass is 14.7. The molecule has 64 valence electrons. The maximum atomic E-state index is 4.26. The lowest BCUT2D eigenvalue weighted by molar-refractivity contribution is 0.433. The molecule has 0 aromatic heterocycles. The van der Waals surface area contributed by atoms with E-state index in [2.05, 4.69) is 32.7 Å². The Kier molecular flexibility index (Phi) is 4.09. The van der Waals surface area contributed by atoms with Crippen molar-refractivity contribution in [2.24, 2.45) is 10.4 Å². The van der Waals surface area contributed by atoms with Crippen LogP contribution < -0.4 is 0 Å². The van der Waals surface area contributed by atoms with Gasteiger partial charge in [0, 0.05) is 11.9 Å². The van der Waals surface area contributed by atoms with Crippen molar-refractivity contribution in [3.05, 3.63) is 12.3 Å². The van der Waals surface area contributed by atoms with Crippen molar-refractivity contribution >= 4 is 5.71 Å². The van der Waals surface area contributed by atoms with E-state index in [1.807, 2.05) is 19.2 Å². The van der Waals surface area contributed by atoms with E-state index in [9.17, 15) is 0 Å². The van der Waals surface area contributed by atoms with Crippen molar-refractivity contribution in [3.63, 3.8) is 0 Å². The van der Waals surface area contributed by atoms with Crippen molar-refractivity contribution < 1.29 is 0 Å². The first kappa shape index (κ1) is 10.4. The molecule has 0 aliphatic rings. The summed E-state index contributed by atoms with van der Waals surface area (Å²) in [6, 6.07) is 0. The van der Waals surface area contributed by atoms with Crippen molar-refractivity contribution in [3.8, 4) is 0 Å². The molecule has 0 fully saturated rings. The van der Waals surface area contributed by atoms with E-state index in [1.54, 1.807) is 0 Å². The van der Waals surface area contributed by atoms with Crippen molar-refractivity contribution in [1.82, 2.24) is 0 Å². The average molecular weight is 153 g/mol. The van der Waals surface area contributed by atoms with E-state index in [-0.39, 0.29) is 0 Å². The molecule has 0 N–H and O–H groups in total. The van der Waals surface area contributed by atoms with E-state index in [0.29, 0.717) is 5.41 Å². The average Bonchev–Trinajstić information content (AvgIpc) is 1.79. The second-order valence-electron chi connectivity index (χ2n) is 4.08. The second kappa shape index (κ2) is 4.32. The van der Waals surface area contributed by atoms with Crippen LogP contribution in [0.5, 0.6) is 0 Å². The molecule has 0 aromatic carbocycles. The Balaban J connectivity index is 3.96. The van der Waals surface area contributed by atoms with Gasteiger partial charge in [0.05, 0.1) is 0 Å². The summed E-state index contributed by atoms with van der Waals surface area (Å²) in [5.41, 5.74) is 1.56. The first-order chi connectivity index (χ1) is 4.95. The summed E-state index contributed by atoms with van der Waals surface area (Å²) >= 11 is 0. The SMILES string of the molecule is C/C=C\N=C(C)CC(C)(C)C. The van der Waals surface area contributed by atoms with Gasteiger partial charge in [-0.15, -0.1) is 0 Å². The molecule has 11 heavy (non-hydrogen) atoms. The van der Waals surface area contributed by atoms with Crippen LogP contribution in [0.3, 0.4) is 0 Å². The highest BCUT2D eigenvalue weighted by Gasteiger charge is 2.10. The molecule has 0 rings (SSSR count). The zero-order chi connectivity index (χ0) is 8.91. The van der Waals surface area contributed by atoms with Crippen LogP contribution in [-0.2, 0) is 0 Å². The third-order valence-corrected chi connectivity index (χ3v) is 1.23. The summed E-state index contributed by atoms with van der Waals surface area (Å²) in [4.78, 5) is 4.26. The van der Waals surface area contributed by atoms with Crippen molar-refractivity contribution in [1.29, 1.82) is 0 Å². The predicted octanol–water partition coefficient (Wildman–Crippen LogP) is 3.42. The minimum Gasteiger partial charge on any atom is -0.266 e. The Labute approximate surface area is 70.2 Å². The molecule has 0 aromatic rings. The number of hydrogen-bond acceptors (Lipinski definition) is 1. The number of allylic oxidation sites excluding steroid dienone is 1. The van der Waals surface area contributed by atoms with Crippen LogP contribution in [0.2, 0.25) is 0 Å². The van der Waals surface area contributed by atoms with Crippen molar-refractivity contribution in [2.75, 3.05) is 0 Å². The smallest absolute Gasteiger partial charge is 0.0224 e. The highest BCUT2D eigenvalue weighted by molar-refractivity contribution is 5.82. The third kappa shape index (κ3) is 7.31. The van der Waals surface area contributed by atoms with Crippen LogP contribution in [-0.4, -0.2) is 5.71 Å². The molecular weight excluding hydrogens is 134 g/mol. The summed E-state index contributed by atoms with van der Waals surface area (Å²) in [7, 11) is 0. The Morgan fingerprint density at radius 2 is 1.91 bits per heavy atom. The van der Waals surface area contributed by atoms with E-state index in [4.69, 9.17) is 0 Å². The number of nitrogens with zero attached hydrogens (tertiary/aromatic N) is 1. The summed E-state index contributed by atoms with van der Waals surface area (Å²) in [5.74, 6) is 0. The van der Waals surface area contributed by atoms with Crippen LogP contribution in [0.4, 0.5) is 0 Å². The maximum Gasteiger partial charge on any atom is 0.0224 e. The number of rotatable bonds is 2. The molecule has 0 saturated heterocycles. The van der Waals surface area contributed by atoms with Gasteiger partial charge in [0.2, 0.25) is 0 Å². The molecule has 0 unspecified atom stereocenters. The molecule has 0 atom stereocenters. The first-order valence-corrected chi connectivity index (χ1v) is 4.10. The van der Waals surface area contributed by atoms with Crippen molar-refractivity contribution in [2.45, 2.75) is 41.0 Å². The first-order valence-electron chi connectivity index (χ1n) is 4.10. The molecule has 0 amide bonds. The Morgan fingerprint density at radius 1 is 1.36 bits per heavy atom. The molecule has 0 heterocycles. The van der Waals surface area contributed by atoms with Gasteiger partial charge in [-0.2, -0.15) is 0 Å². The van der Waals surface area contributed by atoms with Crippen LogP contribution >= 0.6 is 0 Å². The third-order valence-electron chi connectivity index (χ3n) is 1.23. The molecule has 0 aliphatic carbocycles. The van der Waals surface area contributed by atoms with Gasteiger partial charge in [0.25, 0.3) is 0 Å². The second-order valence-corrected chi connectivity index (χ2v) is 4.08. The Bertz CT molecular complexity index is 158. The fourth-order valence-corrected chi connectivity index (χ4v) is 1.01. The van der Waals surface area contributed by atoms with Gasteiger partial charge in [-0.25, -0.2) is 0 Å². The number of hydrogen-bond donors (Lipinski definition) is 0. The summed E-state index contributed by atoms with van der Waals surface area (Å²) < 4.78 is 0. The summed E-state index contributed by atoms with van der Waals surface area (Å²) in [5, 5.41) is 0. The predicted molar refractivity (Wildman–Crippen MR) is 52.0 cm³/mol. The van der Waals surface area contributed by atoms with Crippen LogP contribution in [0, 0.1) is 5.41 Å². The minimum absolute atomic E-state index is 0.356. The standard InChI is InChI=1S/C10H19N/c1-6-7-11-9(2)8-10(3,4)5/h6-7H,8H2,1-5H3/b7-6-,11-9?. The van der Waals surface area contributed by atoms with E-state index in [1.165, 1.54) is 5.71 Å². The van der Waals surface area contributed by atoms with Crippen LogP contribution in [0.1, 0.15) is 41.0 Å². The van der Waals surface area contributed by atoms with E-state index in [0.717, 1.165) is 6.42 Å². The molecule has 1 heteroatoms. The van der Waals surface area contributed by atoms with E-state index < -0.39 is 0 Å². The molecule has 0 saturated carbocycles. The van der Waals surface area contributed by atoms with Gasteiger partial charge in [0.1, 0.15) is 0 Å². The van der Waals surface area contributed by atoms with Gasteiger partial charge >= 0.3 is 0 Å². The quantitative estimate of drug-likeness (QED) is 0.539. The lowest BCUT2D eigenvalue weighted by atomic mass is 9.90. The van der Waals surface area contributed by atoms with Gasteiger partial charge in [-0.1, -0.05) is 26.8 Å². The lowest BCUT2D eigenvalue weighted by Crippen LogP contribution is -2.09. The zero-order valence-electron chi connectivity index (χ0n) is 8.31. The minimum atomic E-state index is 0.356. The number of aliphatic imine (C=N–C) groups is 1. The van der Waals surface area contributed by atoms with Gasteiger partial charge in [-0.05, 0) is 25.7 Å². The van der Waals surface area contributed by atoms with Gasteiger partial charge < -0.3 is 0 Å².